The van der Waals surface area contributed by atoms with E-state index in [-0.39, 0.29) is 6.04 Å². The van der Waals surface area contributed by atoms with Crippen molar-refractivity contribution in [2.75, 3.05) is 26.6 Å². The molecule has 1 aliphatic carbocycles. The first kappa shape index (κ1) is 21.0. The van der Waals surface area contributed by atoms with Crippen molar-refractivity contribution in [3.8, 4) is 22.9 Å². The molecule has 0 unspecified atom stereocenters. The summed E-state index contributed by atoms with van der Waals surface area (Å²) >= 11 is 0. The number of hydrogen-bond acceptors (Lipinski definition) is 8. The van der Waals surface area contributed by atoms with Crippen LogP contribution in [0.4, 0.5) is 11.6 Å². The van der Waals surface area contributed by atoms with Gasteiger partial charge in [-0.15, -0.1) is 0 Å². The largest absolute Gasteiger partial charge is 0.493 e. The van der Waals surface area contributed by atoms with E-state index in [1.165, 1.54) is 0 Å². The molecule has 0 aliphatic heterocycles. The number of aromatic nitrogens is 6. The van der Waals surface area contributed by atoms with Crippen LogP contribution in [-0.4, -0.2) is 50.6 Å². The number of imidazole rings is 1. The zero-order valence-electron chi connectivity index (χ0n) is 19.4. The molecule has 1 aliphatic rings. The monoisotopic (exact) mass is 449 g/mol. The summed E-state index contributed by atoms with van der Waals surface area (Å²) in [4.78, 5) is 14.2. The van der Waals surface area contributed by atoms with Crippen LogP contribution < -0.4 is 19.5 Å². The Balaban J connectivity index is 1.51. The number of ether oxygens (including phenoxy) is 3. The van der Waals surface area contributed by atoms with E-state index in [1.807, 2.05) is 33.8 Å². The lowest BCUT2D eigenvalue weighted by Gasteiger charge is -2.14. The van der Waals surface area contributed by atoms with Crippen molar-refractivity contribution in [1.29, 1.82) is 0 Å². The fourth-order valence-corrected chi connectivity index (χ4v) is 3.81. The number of rotatable bonds is 8. The van der Waals surface area contributed by atoms with E-state index in [1.54, 1.807) is 27.7 Å². The van der Waals surface area contributed by atoms with Crippen molar-refractivity contribution >= 4 is 22.7 Å². The second-order valence-electron chi connectivity index (χ2n) is 8.30. The summed E-state index contributed by atoms with van der Waals surface area (Å²) in [6.07, 6.45) is 7.66. The van der Waals surface area contributed by atoms with E-state index in [0.29, 0.717) is 34.8 Å². The van der Waals surface area contributed by atoms with Gasteiger partial charge in [-0.3, -0.25) is 0 Å². The first-order valence-electron chi connectivity index (χ1n) is 10.9. The zero-order valence-corrected chi connectivity index (χ0v) is 19.4. The van der Waals surface area contributed by atoms with E-state index in [4.69, 9.17) is 24.2 Å². The minimum Gasteiger partial charge on any atom is -0.493 e. The second-order valence-corrected chi connectivity index (χ2v) is 8.30. The van der Waals surface area contributed by atoms with E-state index in [0.717, 1.165) is 35.4 Å². The van der Waals surface area contributed by atoms with Crippen molar-refractivity contribution in [3.05, 3.63) is 36.7 Å². The highest BCUT2D eigenvalue weighted by Crippen LogP contribution is 2.41. The molecule has 0 atom stereocenters. The van der Waals surface area contributed by atoms with Crippen LogP contribution in [0.5, 0.6) is 17.2 Å². The average Bonchev–Trinajstić information content (AvgIpc) is 3.41. The summed E-state index contributed by atoms with van der Waals surface area (Å²) in [5.74, 6) is 4.33. The lowest BCUT2D eigenvalue weighted by atomic mass is 10.2. The molecule has 0 saturated heterocycles. The number of fused-ring (bicyclic) bond motifs is 1. The minimum absolute atomic E-state index is 0.205. The number of benzene rings is 1. The number of methoxy groups -OCH3 is 3. The molecule has 1 fully saturated rings. The Morgan fingerprint density at radius 2 is 1.76 bits per heavy atom. The molecule has 0 radical (unpaired) electrons. The topological polar surface area (TPSA) is 101 Å². The number of anilines is 2. The molecule has 3 heterocycles. The molecule has 1 aromatic carbocycles. The van der Waals surface area contributed by atoms with Crippen molar-refractivity contribution in [2.24, 2.45) is 0 Å². The minimum atomic E-state index is 0.205. The first-order chi connectivity index (χ1) is 16.0. The van der Waals surface area contributed by atoms with Crippen LogP contribution in [0.15, 0.2) is 30.9 Å². The van der Waals surface area contributed by atoms with E-state index >= 15 is 0 Å². The predicted octanol–water partition coefficient (Wildman–Crippen LogP) is 4.24. The SMILES string of the molecule is COc1cc(-n2cnc(Nc3nc(C4CC4)nc4c3cnn4C(C)C)c2)cc(OC)c1OC. The van der Waals surface area contributed by atoms with Gasteiger partial charge in [0.2, 0.25) is 5.75 Å². The van der Waals surface area contributed by atoms with Gasteiger partial charge in [-0.25, -0.2) is 19.6 Å². The summed E-state index contributed by atoms with van der Waals surface area (Å²) in [7, 11) is 4.77. The molecule has 0 spiro atoms. The van der Waals surface area contributed by atoms with Crippen LogP contribution in [0, 0.1) is 0 Å². The lowest BCUT2D eigenvalue weighted by Crippen LogP contribution is -2.06. The fourth-order valence-electron chi connectivity index (χ4n) is 3.81. The number of nitrogens with zero attached hydrogens (tertiary/aromatic N) is 6. The summed E-state index contributed by atoms with van der Waals surface area (Å²) in [5.41, 5.74) is 1.66. The molecule has 5 rings (SSSR count). The fraction of sp³-hybridized carbons (Fsp3) is 0.391. The molecule has 172 valence electrons. The smallest absolute Gasteiger partial charge is 0.203 e. The quantitative estimate of drug-likeness (QED) is 0.426. The van der Waals surface area contributed by atoms with Crippen LogP contribution in [0.3, 0.4) is 0 Å². The van der Waals surface area contributed by atoms with Gasteiger partial charge in [0.1, 0.15) is 23.8 Å². The Bertz CT molecular complexity index is 1280. The van der Waals surface area contributed by atoms with Crippen LogP contribution in [-0.2, 0) is 0 Å². The van der Waals surface area contributed by atoms with E-state index in [2.05, 4.69) is 29.2 Å². The van der Waals surface area contributed by atoms with Gasteiger partial charge in [0.05, 0.1) is 44.8 Å². The van der Waals surface area contributed by atoms with Crippen LogP contribution >= 0.6 is 0 Å². The van der Waals surface area contributed by atoms with Crippen LogP contribution in [0.2, 0.25) is 0 Å². The van der Waals surface area contributed by atoms with Gasteiger partial charge in [-0.1, -0.05) is 0 Å². The van der Waals surface area contributed by atoms with Gasteiger partial charge in [0.25, 0.3) is 0 Å². The maximum absolute atomic E-state index is 5.47. The highest BCUT2D eigenvalue weighted by molar-refractivity contribution is 5.88. The first-order valence-corrected chi connectivity index (χ1v) is 10.9. The summed E-state index contributed by atoms with van der Waals surface area (Å²) in [6.45, 7) is 4.19. The average molecular weight is 450 g/mol. The highest BCUT2D eigenvalue weighted by Gasteiger charge is 2.28. The highest BCUT2D eigenvalue weighted by atomic mass is 16.5. The maximum Gasteiger partial charge on any atom is 0.203 e. The van der Waals surface area contributed by atoms with Crippen molar-refractivity contribution in [2.45, 2.75) is 38.6 Å². The summed E-state index contributed by atoms with van der Waals surface area (Å²) in [6, 6.07) is 3.94. The van der Waals surface area contributed by atoms with Gasteiger partial charge in [0, 0.05) is 24.1 Å². The van der Waals surface area contributed by atoms with Gasteiger partial charge in [0.15, 0.2) is 17.1 Å². The van der Waals surface area contributed by atoms with E-state index < -0.39 is 0 Å². The molecule has 0 bridgehead atoms. The zero-order chi connectivity index (χ0) is 23.1. The summed E-state index contributed by atoms with van der Waals surface area (Å²) < 4.78 is 20.2. The molecule has 10 heteroatoms. The van der Waals surface area contributed by atoms with Crippen LogP contribution in [0.25, 0.3) is 16.7 Å². The second kappa shape index (κ2) is 8.27. The molecule has 1 saturated carbocycles. The normalized spacial score (nSPS) is 13.5. The Morgan fingerprint density at radius 3 is 2.36 bits per heavy atom. The lowest BCUT2D eigenvalue weighted by molar-refractivity contribution is 0.324. The maximum atomic E-state index is 5.47. The molecule has 0 amide bonds. The predicted molar refractivity (Wildman–Crippen MR) is 124 cm³/mol. The third kappa shape index (κ3) is 3.81. The Hall–Kier alpha value is -3.82. The third-order valence-corrected chi connectivity index (χ3v) is 5.68. The van der Waals surface area contributed by atoms with Crippen molar-refractivity contribution in [1.82, 2.24) is 29.3 Å². The molecule has 3 aromatic heterocycles. The van der Waals surface area contributed by atoms with Gasteiger partial charge < -0.3 is 24.1 Å². The van der Waals surface area contributed by atoms with Gasteiger partial charge in [-0.05, 0) is 26.7 Å². The number of hydrogen-bond donors (Lipinski definition) is 1. The van der Waals surface area contributed by atoms with Crippen LogP contribution in [0.1, 0.15) is 44.5 Å². The third-order valence-electron chi connectivity index (χ3n) is 5.68. The molecule has 10 nitrogen and oxygen atoms in total. The molecular weight excluding hydrogens is 422 g/mol. The number of nitrogens with one attached hydrogen (secondary N) is 1. The summed E-state index contributed by atoms with van der Waals surface area (Å²) in [5, 5.41) is 8.77. The van der Waals surface area contributed by atoms with Crippen molar-refractivity contribution in [3.63, 3.8) is 0 Å². The Labute approximate surface area is 191 Å². The molecule has 1 N–H and O–H groups in total. The van der Waals surface area contributed by atoms with Gasteiger partial charge >= 0.3 is 0 Å². The van der Waals surface area contributed by atoms with E-state index in [9.17, 15) is 0 Å². The van der Waals surface area contributed by atoms with Gasteiger partial charge in [-0.2, -0.15) is 5.10 Å². The molecular formula is C23H27N7O3. The molecule has 4 aromatic rings. The standard InChI is InChI=1S/C23H27N7O3/c1-13(2)30-23-16(10-25-30)22(27-21(28-23)14-6-7-14)26-19-11-29(12-24-19)15-8-17(31-3)20(33-5)18(9-15)32-4/h8-14H,6-7H2,1-5H3,(H,26,27,28). The Kier molecular flexibility index (Phi) is 5.27. The molecule has 33 heavy (non-hydrogen) atoms. The Morgan fingerprint density at radius 1 is 1.03 bits per heavy atom. The van der Waals surface area contributed by atoms with Crippen molar-refractivity contribution < 1.29 is 14.2 Å².